The summed E-state index contributed by atoms with van der Waals surface area (Å²) in [7, 11) is -4.62. The van der Waals surface area contributed by atoms with E-state index in [2.05, 4.69) is 9.84 Å². The number of carbonyl (C=O) groups excluding carboxylic acids is 1. The molecule has 21 heavy (non-hydrogen) atoms. The number of fused-ring (bicyclic) bond motifs is 1. The third-order valence-electron chi connectivity index (χ3n) is 3.05. The molecule has 2 fully saturated rings. The lowest BCUT2D eigenvalue weighted by Crippen LogP contribution is -2.46. The molecule has 0 aromatic carbocycles. The number of rotatable bonds is 5. The number of hydrogen-bond acceptors (Lipinski definition) is 7. The molecule has 2 heterocycles. The fraction of sp³-hybridized carbons (Fsp3) is 0.900. The predicted molar refractivity (Wildman–Crippen MR) is 67.7 cm³/mol. The van der Waals surface area contributed by atoms with E-state index in [4.69, 9.17) is 29.7 Å². The Labute approximate surface area is 121 Å². The first kappa shape index (κ1) is 16.8. The molecule has 4 atom stereocenters. The minimum atomic E-state index is -4.62. The third-order valence-corrected chi connectivity index (χ3v) is 3.53. The van der Waals surface area contributed by atoms with Gasteiger partial charge in [-0.2, -0.15) is 0 Å². The van der Waals surface area contributed by atoms with Crippen molar-refractivity contribution in [3.63, 3.8) is 0 Å². The second-order valence-electron chi connectivity index (χ2n) is 5.22. The number of carbonyl (C=O) groups is 1. The van der Waals surface area contributed by atoms with Crippen LogP contribution < -0.4 is 11.1 Å². The predicted octanol–water partition coefficient (Wildman–Crippen LogP) is -1.58. The molecule has 0 spiro atoms. The van der Waals surface area contributed by atoms with Crippen LogP contribution in [0.15, 0.2) is 0 Å². The van der Waals surface area contributed by atoms with Gasteiger partial charge in [-0.3, -0.25) is 9.32 Å². The van der Waals surface area contributed by atoms with Gasteiger partial charge in [0.25, 0.3) is 0 Å². The number of phosphoric acid groups is 1. The summed E-state index contributed by atoms with van der Waals surface area (Å²) in [5.74, 6) is -1.34. The Morgan fingerprint density at radius 1 is 1.38 bits per heavy atom. The second kappa shape index (κ2) is 5.90. The summed E-state index contributed by atoms with van der Waals surface area (Å²) in [5, 5.41) is 2.52. The molecule has 11 heteroatoms. The van der Waals surface area contributed by atoms with Crippen LogP contribution >= 0.6 is 7.82 Å². The maximum absolute atomic E-state index is 11.4. The van der Waals surface area contributed by atoms with Gasteiger partial charge >= 0.3 is 7.82 Å². The number of nitrogens with two attached hydrogens (primary N) is 1. The molecule has 2 saturated heterocycles. The van der Waals surface area contributed by atoms with E-state index in [1.165, 1.54) is 0 Å². The molecular weight excluding hydrogens is 307 g/mol. The zero-order valence-electron chi connectivity index (χ0n) is 11.6. The Morgan fingerprint density at radius 2 is 2.00 bits per heavy atom. The van der Waals surface area contributed by atoms with Crippen molar-refractivity contribution in [1.29, 1.82) is 0 Å². The van der Waals surface area contributed by atoms with Crippen molar-refractivity contribution in [2.45, 2.75) is 44.2 Å². The molecule has 1 amide bonds. The average molecular weight is 326 g/mol. The first-order valence-electron chi connectivity index (χ1n) is 6.32. The molecule has 2 aliphatic heterocycles. The quantitative estimate of drug-likeness (QED) is 0.439. The van der Waals surface area contributed by atoms with Gasteiger partial charge in [0, 0.05) is 0 Å². The molecule has 10 nitrogen and oxygen atoms in total. The van der Waals surface area contributed by atoms with Crippen molar-refractivity contribution >= 4 is 13.7 Å². The molecule has 0 unspecified atom stereocenters. The fourth-order valence-corrected chi connectivity index (χ4v) is 2.66. The highest BCUT2D eigenvalue weighted by Gasteiger charge is 2.55. The van der Waals surface area contributed by atoms with Crippen molar-refractivity contribution in [1.82, 2.24) is 5.32 Å². The monoisotopic (exact) mass is 326 g/mol. The smallest absolute Gasteiger partial charge is 0.347 e. The van der Waals surface area contributed by atoms with Crippen LogP contribution in [0.1, 0.15) is 13.8 Å². The molecule has 0 aromatic heterocycles. The molecule has 0 bridgehead atoms. The summed E-state index contributed by atoms with van der Waals surface area (Å²) >= 11 is 0. The summed E-state index contributed by atoms with van der Waals surface area (Å²) in [6.07, 6.45) is -2.83. The van der Waals surface area contributed by atoms with Crippen molar-refractivity contribution in [2.24, 2.45) is 5.73 Å². The van der Waals surface area contributed by atoms with Crippen LogP contribution in [0, 0.1) is 0 Å². The Balaban J connectivity index is 2.06. The minimum Gasteiger partial charge on any atom is -0.347 e. The molecule has 0 saturated carbocycles. The average Bonchev–Trinajstić information content (AvgIpc) is 2.81. The zero-order chi connectivity index (χ0) is 15.8. The number of hydrogen-bond donors (Lipinski definition) is 4. The fourth-order valence-electron chi connectivity index (χ4n) is 2.32. The van der Waals surface area contributed by atoms with Crippen LogP contribution in [0.4, 0.5) is 0 Å². The molecule has 2 rings (SSSR count). The maximum atomic E-state index is 11.4. The lowest BCUT2D eigenvalue weighted by molar-refractivity contribution is -0.193. The van der Waals surface area contributed by atoms with E-state index in [1.807, 2.05) is 0 Å². The van der Waals surface area contributed by atoms with Crippen molar-refractivity contribution in [3.05, 3.63) is 0 Å². The van der Waals surface area contributed by atoms with Crippen LogP contribution in [0.5, 0.6) is 0 Å². The lowest BCUT2D eigenvalue weighted by Gasteiger charge is -2.24. The Hall–Kier alpha value is -0.580. The zero-order valence-corrected chi connectivity index (χ0v) is 12.5. The van der Waals surface area contributed by atoms with E-state index in [1.54, 1.807) is 13.8 Å². The SMILES string of the molecule is CC1(C)O[C@@H]2[C@H](O1)[C@@H](COP(=O)(O)O)O[C@@H]2NC(=O)CN. The molecular formula is C10H19N2O8P. The number of ether oxygens (including phenoxy) is 3. The van der Waals surface area contributed by atoms with E-state index < -0.39 is 44.1 Å². The van der Waals surface area contributed by atoms with E-state index in [9.17, 15) is 9.36 Å². The highest BCUT2D eigenvalue weighted by molar-refractivity contribution is 7.46. The van der Waals surface area contributed by atoms with Gasteiger partial charge in [0.05, 0.1) is 13.2 Å². The van der Waals surface area contributed by atoms with Gasteiger partial charge < -0.3 is 35.0 Å². The number of phosphoric ester groups is 1. The van der Waals surface area contributed by atoms with E-state index in [0.717, 1.165) is 0 Å². The molecule has 0 aliphatic carbocycles. The Bertz CT molecular complexity index is 452. The maximum Gasteiger partial charge on any atom is 0.469 e. The van der Waals surface area contributed by atoms with Crippen molar-refractivity contribution in [3.8, 4) is 0 Å². The molecule has 0 radical (unpaired) electrons. The second-order valence-corrected chi connectivity index (χ2v) is 6.46. The Morgan fingerprint density at radius 3 is 2.57 bits per heavy atom. The summed E-state index contributed by atoms with van der Waals surface area (Å²) in [6, 6.07) is 0. The van der Waals surface area contributed by atoms with E-state index >= 15 is 0 Å². The Kier molecular flexibility index (Phi) is 4.72. The van der Waals surface area contributed by atoms with E-state index in [-0.39, 0.29) is 13.2 Å². The summed E-state index contributed by atoms with van der Waals surface area (Å²) in [6.45, 7) is 2.77. The van der Waals surface area contributed by atoms with Gasteiger partial charge in [-0.15, -0.1) is 0 Å². The summed E-state index contributed by atoms with van der Waals surface area (Å²) in [5.41, 5.74) is 5.22. The van der Waals surface area contributed by atoms with Crippen molar-refractivity contribution < 1.29 is 37.9 Å². The van der Waals surface area contributed by atoms with Crippen LogP contribution in [0.25, 0.3) is 0 Å². The molecule has 5 N–H and O–H groups in total. The topological polar surface area (TPSA) is 150 Å². The number of amides is 1. The van der Waals surface area contributed by atoms with Crippen LogP contribution in [-0.2, 0) is 28.1 Å². The normalized spacial score (nSPS) is 34.7. The minimum absolute atomic E-state index is 0.217. The summed E-state index contributed by atoms with van der Waals surface area (Å²) < 4.78 is 32.0. The first-order valence-corrected chi connectivity index (χ1v) is 7.85. The first-order chi connectivity index (χ1) is 9.61. The van der Waals surface area contributed by atoms with Crippen LogP contribution in [0.2, 0.25) is 0 Å². The van der Waals surface area contributed by atoms with Crippen LogP contribution in [-0.4, -0.2) is 59.2 Å². The van der Waals surface area contributed by atoms with Gasteiger partial charge in [-0.1, -0.05) is 0 Å². The third kappa shape index (κ3) is 4.21. The highest BCUT2D eigenvalue weighted by Crippen LogP contribution is 2.41. The standard InChI is InChI=1S/C10H19N2O8P/c1-10(2)19-7-5(4-17-21(14,15)16)18-9(8(7)20-10)12-6(13)3-11/h5,7-9H,3-4,11H2,1-2H3,(H,12,13)(H2,14,15,16)/t5-,7-,8-,9+/m1/s1. The van der Waals surface area contributed by atoms with Gasteiger partial charge in [-0.25, -0.2) is 4.57 Å². The largest absolute Gasteiger partial charge is 0.469 e. The summed E-state index contributed by atoms with van der Waals surface area (Å²) in [4.78, 5) is 28.9. The number of nitrogens with one attached hydrogen (secondary N) is 1. The molecule has 0 aromatic rings. The lowest BCUT2D eigenvalue weighted by atomic mass is 10.1. The van der Waals surface area contributed by atoms with Gasteiger partial charge in [0.15, 0.2) is 12.0 Å². The molecule has 2 aliphatic rings. The van der Waals surface area contributed by atoms with Crippen LogP contribution in [0.3, 0.4) is 0 Å². The highest BCUT2D eigenvalue weighted by atomic mass is 31.2. The van der Waals surface area contributed by atoms with Crippen molar-refractivity contribution in [2.75, 3.05) is 13.2 Å². The van der Waals surface area contributed by atoms with Gasteiger partial charge in [0.1, 0.15) is 18.3 Å². The molecule has 122 valence electrons. The van der Waals surface area contributed by atoms with Gasteiger partial charge in [0.2, 0.25) is 5.91 Å². The van der Waals surface area contributed by atoms with E-state index in [0.29, 0.717) is 0 Å². The van der Waals surface area contributed by atoms with Gasteiger partial charge in [-0.05, 0) is 13.8 Å².